The fraction of sp³-hybridized carbons (Fsp3) is 0.714. The SMILES string of the molecule is CC(=O)[C@@H](CO)NC(=O)OC(C)(C)C.CC(=O)[C@@H](COCc1ccccc1)NC(=O)OC(C)(C)C.CC(=O)[C@@H](COP(=O)(OC(C)(C)C)OC(C)(C)C)NC(=O)OC(C)(C)C.CC(=O)[C@H](N)COP(=O)(O)O.CC(C)(C)OC(=O)N[C@H](COCc1ccccc1)C(=O)O.CC(C)N(C(C)C)P(OC(C)(C)C)OC(C)(C)C.O=CC(F)(F)F.[HH]. The molecule has 0 spiro atoms. The van der Waals surface area contributed by atoms with Crippen LogP contribution in [0.2, 0.25) is 0 Å². The number of nitrogens with one attached hydrogen (secondary N) is 4. The normalized spacial score (nSPS) is 13.5. The lowest BCUT2D eigenvalue weighted by Crippen LogP contribution is -2.46. The predicted molar refractivity (Wildman–Crippen MR) is 438 cm³/mol. The fourth-order valence-electron chi connectivity index (χ4n) is 7.27. The minimum atomic E-state index is -4.64. The van der Waals surface area contributed by atoms with E-state index in [-0.39, 0.29) is 62.2 Å². The number of ether oxygens (including phenoxy) is 6. The number of ketones is 4. The smallest absolute Gasteiger partial charge is 0.475 e. The number of aliphatic hydroxyl groups excluding tert-OH is 1. The number of alkyl carbamates (subject to hydrolysis) is 4. The second-order valence-corrected chi connectivity index (χ2v) is 38.2. The highest BCUT2D eigenvalue weighted by Crippen LogP contribution is 2.55. The molecule has 4 amide bonds. The number of aliphatic carboxylic acids is 1. The van der Waals surface area contributed by atoms with Crippen LogP contribution in [0.25, 0.3) is 0 Å². The molecule has 2 aromatic rings. The van der Waals surface area contributed by atoms with Gasteiger partial charge in [-0.05, 0) is 233 Å². The zero-order valence-electron chi connectivity index (χ0n) is 74.4. The third-order valence-corrected chi connectivity index (χ3v) is 16.9. The summed E-state index contributed by atoms with van der Waals surface area (Å²) in [5.41, 5.74) is 2.44. The number of nitrogens with zero attached hydrogens (tertiary/aromatic N) is 1. The van der Waals surface area contributed by atoms with E-state index in [1.807, 2.05) is 60.7 Å². The molecule has 5 atom stereocenters. The molecule has 10 N–H and O–H groups in total. The molecule has 0 aliphatic rings. The van der Waals surface area contributed by atoms with Crippen LogP contribution in [0.5, 0.6) is 0 Å². The molecule has 0 saturated heterocycles. The number of halogens is 3. The van der Waals surface area contributed by atoms with Crippen molar-refractivity contribution >= 4 is 83.9 Å². The van der Waals surface area contributed by atoms with Gasteiger partial charge >= 0.3 is 52.2 Å². The average Bonchev–Trinajstić information content (AvgIpc) is 0.833. The van der Waals surface area contributed by atoms with Gasteiger partial charge in [-0.15, -0.1) is 0 Å². The molecule has 0 aromatic heterocycles. The maximum Gasteiger partial charge on any atom is 0.475 e. The van der Waals surface area contributed by atoms with Crippen molar-refractivity contribution in [1.82, 2.24) is 25.9 Å². The Morgan fingerprint density at radius 2 is 0.744 bits per heavy atom. The Hall–Kier alpha value is -6.50. The fourth-order valence-corrected chi connectivity index (χ4v) is 11.4. The second-order valence-electron chi connectivity index (χ2n) is 34.2. The molecule has 40 heteroatoms. The molecule has 0 aliphatic carbocycles. The van der Waals surface area contributed by atoms with Gasteiger partial charge in [0.05, 0.1) is 74.7 Å². The number of carbonyl (C=O) groups excluding carboxylic acids is 9. The summed E-state index contributed by atoms with van der Waals surface area (Å²) in [4.78, 5) is 127. The number of amides is 4. The Morgan fingerprint density at radius 1 is 0.462 bits per heavy atom. The molecule has 2 aromatic carbocycles. The van der Waals surface area contributed by atoms with Crippen LogP contribution in [-0.4, -0.2) is 211 Å². The van der Waals surface area contributed by atoms with Crippen LogP contribution in [0.3, 0.4) is 0 Å². The minimum absolute atomic E-state index is 0. The van der Waals surface area contributed by atoms with Gasteiger partial charge in [0.2, 0.25) is 6.29 Å². The molecule has 0 radical (unpaired) electrons. The number of hydrogen-bond acceptors (Lipinski definition) is 27. The van der Waals surface area contributed by atoms with Crippen LogP contribution in [0.15, 0.2) is 60.7 Å². The topological polar surface area (TPSA) is 474 Å². The number of carboxylic acids is 1. The van der Waals surface area contributed by atoms with Gasteiger partial charge in [0.1, 0.15) is 46.3 Å². The monoisotopic (exact) mass is 1750 g/mol. The number of aldehydes is 1. The summed E-state index contributed by atoms with van der Waals surface area (Å²) < 4.78 is 120. The van der Waals surface area contributed by atoms with E-state index in [2.05, 4.69) is 99.7 Å². The number of Topliss-reactive ketones (excluding diaryl/α,β-unsaturated/α-hetero) is 4. The summed E-state index contributed by atoms with van der Waals surface area (Å²) >= 11 is 0. The minimum Gasteiger partial charge on any atom is -0.480 e. The Balaban J connectivity index is -0.000000319. The molecule has 2 rings (SSSR count). The number of phosphoric ester groups is 2. The van der Waals surface area contributed by atoms with Crippen LogP contribution >= 0.6 is 24.2 Å². The molecule has 0 bridgehead atoms. The van der Waals surface area contributed by atoms with Crippen molar-refractivity contribution in [2.75, 3.05) is 33.0 Å². The van der Waals surface area contributed by atoms with Crippen molar-refractivity contribution in [2.45, 2.75) is 328 Å². The van der Waals surface area contributed by atoms with E-state index in [9.17, 15) is 65.5 Å². The van der Waals surface area contributed by atoms with Gasteiger partial charge in [0, 0.05) is 13.5 Å². The first-order valence-corrected chi connectivity index (χ1v) is 41.2. The molecule has 34 nitrogen and oxygen atoms in total. The van der Waals surface area contributed by atoms with Crippen molar-refractivity contribution in [1.29, 1.82) is 0 Å². The van der Waals surface area contributed by atoms with Crippen molar-refractivity contribution in [2.24, 2.45) is 5.73 Å². The lowest BCUT2D eigenvalue weighted by atomic mass is 10.2. The molecule has 0 heterocycles. The van der Waals surface area contributed by atoms with Crippen molar-refractivity contribution in [3.05, 3.63) is 71.8 Å². The molecule has 0 unspecified atom stereocenters. The first-order chi connectivity index (χ1) is 52.4. The highest BCUT2D eigenvalue weighted by atomic mass is 31.2. The van der Waals surface area contributed by atoms with Gasteiger partial charge < -0.3 is 84.5 Å². The van der Waals surface area contributed by atoms with Crippen molar-refractivity contribution in [3.8, 4) is 0 Å². The summed E-state index contributed by atoms with van der Waals surface area (Å²) in [7, 11) is -9.52. The van der Waals surface area contributed by atoms with Crippen LogP contribution < -0.4 is 27.0 Å². The lowest BCUT2D eigenvalue weighted by Gasteiger charge is -2.41. The zero-order chi connectivity index (χ0) is 93.1. The van der Waals surface area contributed by atoms with Gasteiger partial charge in [-0.25, -0.2) is 37.8 Å². The van der Waals surface area contributed by atoms with E-state index < -0.39 is 144 Å². The molecular weight excluding hydrogens is 1610 g/mol. The van der Waals surface area contributed by atoms with Gasteiger partial charge in [0.15, 0.2) is 23.4 Å². The molecular formula is C77H140F3N6O28P3. The Labute approximate surface area is 693 Å². The van der Waals surface area contributed by atoms with Crippen LogP contribution in [-0.2, 0) is 107 Å². The summed E-state index contributed by atoms with van der Waals surface area (Å²) in [5.74, 6) is -2.41. The summed E-state index contributed by atoms with van der Waals surface area (Å²) in [5, 5.41) is 27.3. The first-order valence-electron chi connectivity index (χ1n) is 37.0. The standard InChI is InChI=1S/C17H34NO7P.C16H23NO4.C15H21NO5.C14H32NO2P.C9H17NO4.C4H10NO5P.C2HF3O.H2/c1-12(19)13(18-14(20)23-15(2,3)4)11-22-26(21,24-16(5,6)7)25-17(8,9)10;1-12(18)14(17-15(19)21-16(2,3)4)11-20-10-13-8-6-5-7-9-13;1-15(2,3)21-14(19)16-12(13(17)18)10-20-9-11-7-5-4-6-8-11;1-11(2)15(12(3)4)18(16-13(5,6)7)17-14(8,9)10;1-6(12)7(5-11)10-8(13)14-9(2,3)4;1-3(6)4(5)2-10-11(7,8)9;3-2(4,5)1-6;/h13H,11H2,1-10H3,(H,18,20);5-9,14H,10-11H2,1-4H3,(H,17,19);4-8,12H,9-10H2,1-3H3,(H,16,19)(H,17,18);11-12H,1-10H3;7,11H,5H2,1-4H3,(H,10,13);4H,2,5H2,1H3,(H2,7,8,9);1H;1H/t13-;14-;12-;;7-;4-;;/m111.11../s1. The number of aliphatic hydroxyl groups is 1. The molecule has 0 saturated carbocycles. The number of rotatable bonds is 31. The van der Waals surface area contributed by atoms with E-state index in [1.54, 1.807) is 125 Å². The van der Waals surface area contributed by atoms with E-state index in [4.69, 9.17) is 81.6 Å². The van der Waals surface area contributed by atoms with E-state index in [1.165, 1.54) is 27.7 Å². The summed E-state index contributed by atoms with van der Waals surface area (Å²) in [6.45, 7) is 56.7. The molecule has 682 valence electrons. The number of hydrogen-bond donors (Lipinski definition) is 9. The second kappa shape index (κ2) is 54.7. The third kappa shape index (κ3) is 76.6. The molecule has 117 heavy (non-hydrogen) atoms. The van der Waals surface area contributed by atoms with Crippen molar-refractivity contribution in [3.63, 3.8) is 0 Å². The summed E-state index contributed by atoms with van der Waals surface area (Å²) in [6.07, 6.45) is -8.58. The lowest BCUT2D eigenvalue weighted by molar-refractivity contribution is -0.156. The van der Waals surface area contributed by atoms with Crippen LogP contribution in [0.4, 0.5) is 32.3 Å². The third-order valence-electron chi connectivity index (χ3n) is 11.7. The van der Waals surface area contributed by atoms with Crippen LogP contribution in [0.1, 0.15) is 234 Å². The van der Waals surface area contributed by atoms with Gasteiger partial charge in [-0.2, -0.15) is 13.2 Å². The number of phosphoric acid groups is 2. The maximum absolute atomic E-state index is 13.0. The summed E-state index contributed by atoms with van der Waals surface area (Å²) in [6, 6.07) is 15.0. The average molecular weight is 1750 g/mol. The van der Waals surface area contributed by atoms with Gasteiger partial charge in [-0.1, -0.05) is 60.7 Å². The number of carbonyl (C=O) groups is 10. The Kier molecular flexibility index (Phi) is 55.7. The van der Waals surface area contributed by atoms with Gasteiger partial charge in [-0.3, -0.25) is 42.1 Å². The first kappa shape index (κ1) is 119. The molecule has 0 aliphatic heterocycles. The predicted octanol–water partition coefficient (Wildman–Crippen LogP) is 14.5. The quantitative estimate of drug-likeness (QED) is 0.0192. The van der Waals surface area contributed by atoms with Crippen molar-refractivity contribution < 1.29 is 147 Å². The van der Waals surface area contributed by atoms with E-state index in [0.29, 0.717) is 18.7 Å². The number of nitrogens with two attached hydrogens (primary N) is 1. The Bertz CT molecular complexity index is 3230. The number of benzene rings is 2. The van der Waals surface area contributed by atoms with Gasteiger partial charge in [0.25, 0.3) is 8.53 Å². The van der Waals surface area contributed by atoms with E-state index in [0.717, 1.165) is 11.1 Å². The highest BCUT2D eigenvalue weighted by molar-refractivity contribution is 7.48. The van der Waals surface area contributed by atoms with E-state index >= 15 is 0 Å². The maximum atomic E-state index is 13.0. The molecule has 0 fully saturated rings. The number of alkyl halides is 3. The Morgan fingerprint density at radius 3 is 0.974 bits per heavy atom. The zero-order valence-corrected chi connectivity index (χ0v) is 77.1. The largest absolute Gasteiger partial charge is 0.480 e. The highest BCUT2D eigenvalue weighted by Gasteiger charge is 2.40. The number of carboxylic acid groups (broad SMARTS) is 1. The van der Waals surface area contributed by atoms with Crippen LogP contribution in [0, 0.1) is 0 Å².